The van der Waals surface area contributed by atoms with Crippen LogP contribution in [0.2, 0.25) is 0 Å². The highest BCUT2D eigenvalue weighted by Crippen LogP contribution is 2.30. The van der Waals surface area contributed by atoms with E-state index in [1.165, 1.54) is 12.1 Å². The van der Waals surface area contributed by atoms with Crippen molar-refractivity contribution >= 4 is 11.7 Å². The number of hydrogen-bond acceptors (Lipinski definition) is 1. The molecule has 0 saturated heterocycles. The summed E-state index contributed by atoms with van der Waals surface area (Å²) in [7, 11) is 0. The van der Waals surface area contributed by atoms with E-state index < -0.39 is 17.8 Å². The average Bonchev–Trinajstić information content (AvgIpc) is 2.47. The molecule has 1 aromatic carbocycles. The number of rotatable bonds is 7. The number of benzene rings is 1. The Hall–Kier alpha value is -1.72. The number of carbonyl (C=O) groups excluding carboxylic acids is 1. The van der Waals surface area contributed by atoms with Crippen LogP contribution < -0.4 is 10.6 Å². The van der Waals surface area contributed by atoms with Crippen molar-refractivity contribution in [2.24, 2.45) is 5.92 Å². The van der Waals surface area contributed by atoms with Gasteiger partial charge in [0.1, 0.15) is 0 Å². The van der Waals surface area contributed by atoms with Gasteiger partial charge in [-0.05, 0) is 30.5 Å². The Morgan fingerprint density at radius 3 is 2.59 bits per heavy atom. The van der Waals surface area contributed by atoms with Crippen molar-refractivity contribution in [1.82, 2.24) is 5.32 Å². The number of hydrogen-bond donors (Lipinski definition) is 2. The largest absolute Gasteiger partial charge is 0.416 e. The second kappa shape index (κ2) is 8.66. The second-order valence-electron chi connectivity index (χ2n) is 5.33. The summed E-state index contributed by atoms with van der Waals surface area (Å²) >= 11 is 0. The molecule has 2 amide bonds. The predicted octanol–water partition coefficient (Wildman–Crippen LogP) is 5.04. The molecular formula is C16H23F3N2O. The molecular weight excluding hydrogens is 293 g/mol. The fourth-order valence-corrected chi connectivity index (χ4v) is 2.13. The molecule has 1 unspecified atom stereocenters. The van der Waals surface area contributed by atoms with E-state index in [2.05, 4.69) is 24.5 Å². The van der Waals surface area contributed by atoms with Crippen LogP contribution in [-0.2, 0) is 6.18 Å². The van der Waals surface area contributed by atoms with E-state index in [0.29, 0.717) is 12.5 Å². The van der Waals surface area contributed by atoms with Crippen LogP contribution in [0.4, 0.5) is 23.7 Å². The fraction of sp³-hybridized carbons (Fsp3) is 0.562. The quantitative estimate of drug-likeness (QED) is 0.726. The summed E-state index contributed by atoms with van der Waals surface area (Å²) in [4.78, 5) is 11.8. The van der Waals surface area contributed by atoms with Crippen molar-refractivity contribution < 1.29 is 18.0 Å². The molecule has 0 heterocycles. The number of nitrogens with one attached hydrogen (secondary N) is 2. The number of urea groups is 1. The van der Waals surface area contributed by atoms with Gasteiger partial charge in [0.25, 0.3) is 0 Å². The van der Waals surface area contributed by atoms with E-state index in [0.717, 1.165) is 37.8 Å². The molecule has 124 valence electrons. The lowest BCUT2D eigenvalue weighted by molar-refractivity contribution is -0.137. The van der Waals surface area contributed by atoms with Crippen LogP contribution in [0.25, 0.3) is 0 Å². The zero-order valence-electron chi connectivity index (χ0n) is 13.0. The van der Waals surface area contributed by atoms with Gasteiger partial charge in [0.2, 0.25) is 0 Å². The minimum absolute atomic E-state index is 0.133. The summed E-state index contributed by atoms with van der Waals surface area (Å²) < 4.78 is 37.8. The van der Waals surface area contributed by atoms with Gasteiger partial charge in [-0.2, -0.15) is 13.2 Å². The number of anilines is 1. The van der Waals surface area contributed by atoms with Crippen molar-refractivity contribution in [1.29, 1.82) is 0 Å². The summed E-state index contributed by atoms with van der Waals surface area (Å²) in [6.07, 6.45) is -0.204. The van der Waals surface area contributed by atoms with Gasteiger partial charge in [0, 0.05) is 12.2 Å². The van der Waals surface area contributed by atoms with Crippen molar-refractivity contribution in [2.45, 2.75) is 45.7 Å². The van der Waals surface area contributed by atoms with Crippen molar-refractivity contribution in [2.75, 3.05) is 11.9 Å². The monoisotopic (exact) mass is 316 g/mol. The van der Waals surface area contributed by atoms with Gasteiger partial charge in [-0.15, -0.1) is 0 Å². The summed E-state index contributed by atoms with van der Waals surface area (Å²) in [6.45, 7) is 4.70. The summed E-state index contributed by atoms with van der Waals surface area (Å²) in [5, 5.41) is 5.16. The van der Waals surface area contributed by atoms with E-state index in [1.54, 1.807) is 0 Å². The lowest BCUT2D eigenvalue weighted by Gasteiger charge is -2.16. The molecule has 0 aliphatic rings. The first-order chi connectivity index (χ1) is 10.4. The molecule has 0 saturated carbocycles. The topological polar surface area (TPSA) is 41.1 Å². The summed E-state index contributed by atoms with van der Waals surface area (Å²) in [6, 6.07) is 4.13. The van der Waals surface area contributed by atoms with Crippen LogP contribution in [0.15, 0.2) is 24.3 Å². The Kier molecular flexibility index (Phi) is 7.21. The molecule has 0 aliphatic heterocycles. The Morgan fingerprint density at radius 2 is 2.00 bits per heavy atom. The normalized spacial score (nSPS) is 12.8. The molecule has 0 bridgehead atoms. The van der Waals surface area contributed by atoms with E-state index in [4.69, 9.17) is 0 Å². The molecule has 6 heteroatoms. The standard InChI is InChI=1S/C16H23F3N2O/c1-3-5-7-12(4-2)11-20-15(22)21-14-9-6-8-13(10-14)16(17,18)19/h6,8-10,12H,3-5,7,11H2,1-2H3,(H2,20,21,22). The third-order valence-corrected chi connectivity index (χ3v) is 3.54. The predicted molar refractivity (Wildman–Crippen MR) is 81.8 cm³/mol. The van der Waals surface area contributed by atoms with E-state index >= 15 is 0 Å². The molecule has 0 fully saturated rings. The van der Waals surface area contributed by atoms with Gasteiger partial charge < -0.3 is 10.6 Å². The zero-order chi connectivity index (χ0) is 16.6. The Bertz CT molecular complexity index is 475. The first-order valence-corrected chi connectivity index (χ1v) is 7.58. The molecule has 0 aliphatic carbocycles. The van der Waals surface area contributed by atoms with E-state index in [9.17, 15) is 18.0 Å². The second-order valence-corrected chi connectivity index (χ2v) is 5.33. The minimum atomic E-state index is -4.42. The van der Waals surface area contributed by atoms with Crippen LogP contribution >= 0.6 is 0 Å². The minimum Gasteiger partial charge on any atom is -0.338 e. The van der Waals surface area contributed by atoms with Gasteiger partial charge in [-0.3, -0.25) is 0 Å². The van der Waals surface area contributed by atoms with Crippen LogP contribution in [0.1, 0.15) is 45.1 Å². The van der Waals surface area contributed by atoms with Crippen LogP contribution in [0, 0.1) is 5.92 Å². The highest BCUT2D eigenvalue weighted by atomic mass is 19.4. The highest BCUT2D eigenvalue weighted by molar-refractivity contribution is 5.89. The van der Waals surface area contributed by atoms with Crippen molar-refractivity contribution in [3.8, 4) is 0 Å². The van der Waals surface area contributed by atoms with Gasteiger partial charge in [0.15, 0.2) is 0 Å². The molecule has 1 aromatic rings. The van der Waals surface area contributed by atoms with Crippen LogP contribution in [0.3, 0.4) is 0 Å². The van der Waals surface area contributed by atoms with Gasteiger partial charge in [-0.25, -0.2) is 4.79 Å². The summed E-state index contributed by atoms with van der Waals surface area (Å²) in [5.41, 5.74) is -0.645. The number of unbranched alkanes of at least 4 members (excludes halogenated alkanes) is 1. The molecule has 22 heavy (non-hydrogen) atoms. The lowest BCUT2D eigenvalue weighted by Crippen LogP contribution is -2.33. The summed E-state index contributed by atoms with van der Waals surface area (Å²) in [5.74, 6) is 0.396. The maximum atomic E-state index is 12.6. The molecule has 1 rings (SSSR count). The van der Waals surface area contributed by atoms with Gasteiger partial charge in [-0.1, -0.05) is 39.2 Å². The molecule has 3 nitrogen and oxygen atoms in total. The highest BCUT2D eigenvalue weighted by Gasteiger charge is 2.30. The Balaban J connectivity index is 2.51. The Labute approximate surface area is 129 Å². The lowest BCUT2D eigenvalue weighted by atomic mass is 9.99. The maximum absolute atomic E-state index is 12.6. The molecule has 1 atom stereocenters. The third kappa shape index (κ3) is 6.37. The molecule has 2 N–H and O–H groups in total. The average molecular weight is 316 g/mol. The van der Waals surface area contributed by atoms with E-state index in [1.807, 2.05) is 0 Å². The van der Waals surface area contributed by atoms with Crippen molar-refractivity contribution in [3.05, 3.63) is 29.8 Å². The smallest absolute Gasteiger partial charge is 0.338 e. The third-order valence-electron chi connectivity index (χ3n) is 3.54. The first kappa shape index (κ1) is 18.3. The number of alkyl halides is 3. The van der Waals surface area contributed by atoms with E-state index in [-0.39, 0.29) is 5.69 Å². The number of amides is 2. The van der Waals surface area contributed by atoms with Crippen LogP contribution in [0.5, 0.6) is 0 Å². The molecule has 0 spiro atoms. The SMILES string of the molecule is CCCCC(CC)CNC(=O)Nc1cccc(C(F)(F)F)c1. The Morgan fingerprint density at radius 1 is 1.27 bits per heavy atom. The van der Waals surface area contributed by atoms with Gasteiger partial charge >= 0.3 is 12.2 Å². The maximum Gasteiger partial charge on any atom is 0.416 e. The number of carbonyl (C=O) groups is 1. The first-order valence-electron chi connectivity index (χ1n) is 7.58. The number of halogens is 3. The van der Waals surface area contributed by atoms with Gasteiger partial charge in [0.05, 0.1) is 5.56 Å². The van der Waals surface area contributed by atoms with Crippen LogP contribution in [-0.4, -0.2) is 12.6 Å². The fourth-order valence-electron chi connectivity index (χ4n) is 2.13. The molecule has 0 aromatic heterocycles. The van der Waals surface area contributed by atoms with Crippen molar-refractivity contribution in [3.63, 3.8) is 0 Å². The zero-order valence-corrected chi connectivity index (χ0v) is 13.0. The molecule has 0 radical (unpaired) electrons.